The quantitative estimate of drug-likeness (QED) is 0.786. The highest BCUT2D eigenvalue weighted by molar-refractivity contribution is 7.10. The molecule has 1 heterocycles. The number of nitrogens with one attached hydrogen (secondary N) is 1. The average molecular weight is 339 g/mol. The molecule has 0 saturated carbocycles. The van der Waals surface area contributed by atoms with Crippen molar-refractivity contribution in [3.05, 3.63) is 21.4 Å². The minimum Gasteiger partial charge on any atom is -0.480 e. The van der Waals surface area contributed by atoms with E-state index in [2.05, 4.69) is 26.1 Å². The molecule has 3 unspecified atom stereocenters. The fourth-order valence-electron chi connectivity index (χ4n) is 3.05. The van der Waals surface area contributed by atoms with Gasteiger partial charge >= 0.3 is 5.97 Å². The second-order valence-electron chi connectivity index (χ2n) is 7.39. The third-order valence-corrected chi connectivity index (χ3v) is 5.71. The summed E-state index contributed by atoms with van der Waals surface area (Å²) in [6.07, 6.45) is 1.70. The van der Waals surface area contributed by atoms with Gasteiger partial charge in [-0.25, -0.2) is 4.79 Å². The molecule has 1 aliphatic rings. The number of aliphatic hydroxyl groups excluding tert-OH is 1. The highest BCUT2D eigenvalue weighted by Crippen LogP contribution is 2.40. The van der Waals surface area contributed by atoms with E-state index in [9.17, 15) is 14.7 Å². The Balaban J connectivity index is 2.16. The van der Waals surface area contributed by atoms with E-state index < -0.39 is 24.0 Å². The molecule has 3 atom stereocenters. The van der Waals surface area contributed by atoms with Crippen LogP contribution in [0.15, 0.2) is 5.38 Å². The smallest absolute Gasteiger partial charge is 0.328 e. The molecule has 1 aliphatic carbocycles. The SMILES string of the molecule is CC(O)C(NC(=O)c1csc2c1CCC(C(C)(C)C)C2)C(=O)O. The molecular weight excluding hydrogens is 314 g/mol. The lowest BCUT2D eigenvalue weighted by Gasteiger charge is -2.34. The normalized spacial score (nSPS) is 20.5. The van der Waals surface area contributed by atoms with Crippen molar-refractivity contribution < 1.29 is 19.8 Å². The molecule has 1 amide bonds. The summed E-state index contributed by atoms with van der Waals surface area (Å²) in [5.41, 5.74) is 1.84. The average Bonchev–Trinajstić information content (AvgIpc) is 2.85. The second-order valence-corrected chi connectivity index (χ2v) is 8.35. The highest BCUT2D eigenvalue weighted by Gasteiger charge is 2.33. The van der Waals surface area contributed by atoms with Gasteiger partial charge in [0.05, 0.1) is 11.7 Å². The molecule has 128 valence electrons. The molecule has 0 fully saturated rings. The number of carboxylic acids is 1. The number of carboxylic acid groups (broad SMARTS) is 1. The third-order valence-electron chi connectivity index (χ3n) is 4.66. The summed E-state index contributed by atoms with van der Waals surface area (Å²) in [4.78, 5) is 24.7. The molecule has 0 spiro atoms. The minimum atomic E-state index is -1.29. The molecule has 2 rings (SSSR count). The number of fused-ring (bicyclic) bond motifs is 1. The highest BCUT2D eigenvalue weighted by atomic mass is 32.1. The van der Waals surface area contributed by atoms with Gasteiger partial charge in [-0.3, -0.25) is 4.79 Å². The van der Waals surface area contributed by atoms with Crippen molar-refractivity contribution in [2.75, 3.05) is 0 Å². The zero-order valence-electron chi connectivity index (χ0n) is 14.0. The van der Waals surface area contributed by atoms with Crippen molar-refractivity contribution in [1.82, 2.24) is 5.32 Å². The number of aliphatic hydroxyl groups is 1. The van der Waals surface area contributed by atoms with Crippen molar-refractivity contribution in [3.63, 3.8) is 0 Å². The first-order valence-corrected chi connectivity index (χ1v) is 8.80. The van der Waals surface area contributed by atoms with Crippen LogP contribution in [0.2, 0.25) is 0 Å². The van der Waals surface area contributed by atoms with Crippen LogP contribution in [-0.2, 0) is 17.6 Å². The van der Waals surface area contributed by atoms with Crippen LogP contribution in [0.25, 0.3) is 0 Å². The second kappa shape index (κ2) is 6.61. The van der Waals surface area contributed by atoms with Crippen LogP contribution in [0.3, 0.4) is 0 Å². The standard InChI is InChI=1S/C17H25NO4S/c1-9(19)14(16(21)22)18-15(20)12-8-23-13-7-10(17(2,3)4)5-6-11(12)13/h8-10,14,19H,5-7H2,1-4H3,(H,18,20)(H,21,22). The maximum Gasteiger partial charge on any atom is 0.328 e. The van der Waals surface area contributed by atoms with E-state index in [1.807, 2.05) is 5.38 Å². The molecule has 0 saturated heterocycles. The Bertz CT molecular complexity index is 600. The number of hydrogen-bond acceptors (Lipinski definition) is 4. The number of amides is 1. The number of carbonyl (C=O) groups is 2. The largest absolute Gasteiger partial charge is 0.480 e. The van der Waals surface area contributed by atoms with Crippen molar-refractivity contribution >= 4 is 23.2 Å². The topological polar surface area (TPSA) is 86.6 Å². The zero-order valence-corrected chi connectivity index (χ0v) is 14.9. The lowest BCUT2D eigenvalue weighted by Crippen LogP contribution is -2.47. The minimum absolute atomic E-state index is 0.241. The van der Waals surface area contributed by atoms with Gasteiger partial charge in [-0.15, -0.1) is 11.3 Å². The molecule has 1 aromatic rings. The molecule has 23 heavy (non-hydrogen) atoms. The van der Waals surface area contributed by atoms with Gasteiger partial charge in [0, 0.05) is 10.3 Å². The molecule has 0 aliphatic heterocycles. The first-order valence-electron chi connectivity index (χ1n) is 7.92. The lowest BCUT2D eigenvalue weighted by molar-refractivity contribution is -0.141. The molecule has 3 N–H and O–H groups in total. The summed E-state index contributed by atoms with van der Waals surface area (Å²) >= 11 is 1.57. The number of carbonyl (C=O) groups excluding carboxylic acids is 1. The van der Waals surface area contributed by atoms with Gasteiger partial charge in [0.2, 0.25) is 0 Å². The Labute approximate surface area is 140 Å². The van der Waals surface area contributed by atoms with Gasteiger partial charge in [-0.1, -0.05) is 20.8 Å². The van der Waals surface area contributed by atoms with Crippen LogP contribution < -0.4 is 5.32 Å². The van der Waals surface area contributed by atoms with Crippen molar-refractivity contribution in [1.29, 1.82) is 0 Å². The Kier molecular flexibility index (Phi) is 5.16. The summed E-state index contributed by atoms with van der Waals surface area (Å²) < 4.78 is 0. The van der Waals surface area contributed by atoms with Crippen LogP contribution in [0.4, 0.5) is 0 Å². The first-order chi connectivity index (χ1) is 10.6. The van der Waals surface area contributed by atoms with Crippen molar-refractivity contribution in [2.24, 2.45) is 11.3 Å². The summed E-state index contributed by atoms with van der Waals surface area (Å²) in [5, 5.41) is 22.8. The molecule has 1 aromatic heterocycles. The molecule has 0 radical (unpaired) electrons. The summed E-state index contributed by atoms with van der Waals surface area (Å²) in [6.45, 7) is 8.08. The molecule has 6 heteroatoms. The molecule has 0 aromatic carbocycles. The van der Waals surface area contributed by atoms with Gasteiger partial charge in [-0.05, 0) is 43.1 Å². The van der Waals surface area contributed by atoms with Gasteiger partial charge < -0.3 is 15.5 Å². The number of hydrogen-bond donors (Lipinski definition) is 3. The van der Waals surface area contributed by atoms with Crippen LogP contribution >= 0.6 is 11.3 Å². The maximum absolute atomic E-state index is 12.4. The Hall–Kier alpha value is -1.40. The van der Waals surface area contributed by atoms with Crippen molar-refractivity contribution in [2.45, 2.75) is 59.1 Å². The summed E-state index contributed by atoms with van der Waals surface area (Å²) in [7, 11) is 0. The number of thiophene rings is 1. The van der Waals surface area contributed by atoms with Gasteiger partial charge in [0.25, 0.3) is 5.91 Å². The van der Waals surface area contributed by atoms with Gasteiger partial charge in [0.15, 0.2) is 6.04 Å². The molecular formula is C17H25NO4S. The van der Waals surface area contributed by atoms with Crippen LogP contribution in [0.1, 0.15) is 54.9 Å². The zero-order chi connectivity index (χ0) is 17.4. The third kappa shape index (κ3) is 3.93. The Morgan fingerprint density at radius 1 is 1.39 bits per heavy atom. The monoisotopic (exact) mass is 339 g/mol. The van der Waals surface area contributed by atoms with Crippen LogP contribution in [0.5, 0.6) is 0 Å². The number of rotatable bonds is 4. The van der Waals surface area contributed by atoms with E-state index in [0.717, 1.165) is 24.8 Å². The Morgan fingerprint density at radius 3 is 2.57 bits per heavy atom. The summed E-state index contributed by atoms with van der Waals surface area (Å²) in [5.74, 6) is -1.05. The predicted molar refractivity (Wildman–Crippen MR) is 89.9 cm³/mol. The van der Waals surface area contributed by atoms with E-state index in [-0.39, 0.29) is 5.41 Å². The lowest BCUT2D eigenvalue weighted by atomic mass is 9.72. The maximum atomic E-state index is 12.4. The summed E-state index contributed by atoms with van der Waals surface area (Å²) in [6, 6.07) is -1.29. The predicted octanol–water partition coefficient (Wildman–Crippen LogP) is 2.46. The van der Waals surface area contributed by atoms with E-state index in [1.54, 1.807) is 11.3 Å². The molecule has 0 bridgehead atoms. The Morgan fingerprint density at radius 2 is 2.04 bits per heavy atom. The van der Waals surface area contributed by atoms with Gasteiger partial charge in [-0.2, -0.15) is 0 Å². The van der Waals surface area contributed by atoms with E-state index in [0.29, 0.717) is 11.5 Å². The number of aliphatic carboxylic acids is 1. The van der Waals surface area contributed by atoms with E-state index in [4.69, 9.17) is 5.11 Å². The van der Waals surface area contributed by atoms with E-state index >= 15 is 0 Å². The fraction of sp³-hybridized carbons (Fsp3) is 0.647. The van der Waals surface area contributed by atoms with Crippen molar-refractivity contribution in [3.8, 4) is 0 Å². The fourth-order valence-corrected chi connectivity index (χ4v) is 4.21. The molecule has 5 nitrogen and oxygen atoms in total. The van der Waals surface area contributed by atoms with Crippen LogP contribution in [0, 0.1) is 11.3 Å². The van der Waals surface area contributed by atoms with Crippen LogP contribution in [-0.4, -0.2) is 34.2 Å². The van der Waals surface area contributed by atoms with E-state index in [1.165, 1.54) is 11.8 Å². The first kappa shape index (κ1) is 17.9. The van der Waals surface area contributed by atoms with Gasteiger partial charge in [0.1, 0.15) is 0 Å².